The first-order chi connectivity index (χ1) is 9.69. The molecule has 1 unspecified atom stereocenters. The molecule has 20 heavy (non-hydrogen) atoms. The van der Waals surface area contributed by atoms with Gasteiger partial charge in [-0.15, -0.1) is 0 Å². The van der Waals surface area contributed by atoms with Crippen LogP contribution in [0.1, 0.15) is 5.56 Å². The number of carbonyl (C=O) groups is 1. The lowest BCUT2D eigenvalue weighted by Gasteiger charge is -2.17. The Morgan fingerprint density at radius 3 is 2.75 bits per heavy atom. The highest BCUT2D eigenvalue weighted by Gasteiger charge is 2.20. The van der Waals surface area contributed by atoms with Crippen LogP contribution in [0.25, 0.3) is 0 Å². The van der Waals surface area contributed by atoms with Gasteiger partial charge < -0.3 is 10.1 Å². The lowest BCUT2D eigenvalue weighted by molar-refractivity contribution is -0.141. The summed E-state index contributed by atoms with van der Waals surface area (Å²) in [5.41, 5.74) is 1.02. The number of benzene rings is 1. The summed E-state index contributed by atoms with van der Waals surface area (Å²) in [5, 5.41) is 3.13. The Morgan fingerprint density at radius 1 is 1.35 bits per heavy atom. The van der Waals surface area contributed by atoms with Crippen molar-refractivity contribution in [2.45, 2.75) is 12.5 Å². The number of hydrogen-bond acceptors (Lipinski definition) is 5. The highest BCUT2D eigenvalue weighted by Crippen LogP contribution is 2.11. The second-order valence-electron chi connectivity index (χ2n) is 4.12. The van der Waals surface area contributed by atoms with Crippen LogP contribution < -0.4 is 5.32 Å². The number of ether oxygens (including phenoxy) is 1. The van der Waals surface area contributed by atoms with Crippen LogP contribution in [0.2, 0.25) is 5.28 Å². The third-order valence-electron chi connectivity index (χ3n) is 2.72. The number of aromatic nitrogens is 2. The number of methoxy groups -OCH3 is 1. The highest BCUT2D eigenvalue weighted by atomic mass is 35.5. The van der Waals surface area contributed by atoms with Crippen LogP contribution in [0.5, 0.6) is 0 Å². The van der Waals surface area contributed by atoms with Crippen LogP contribution in [-0.2, 0) is 16.0 Å². The molecule has 1 heterocycles. The van der Waals surface area contributed by atoms with Crippen LogP contribution >= 0.6 is 11.6 Å². The number of nitrogens with one attached hydrogen (secondary N) is 1. The highest BCUT2D eigenvalue weighted by molar-refractivity contribution is 6.28. The maximum atomic E-state index is 11.8. The maximum absolute atomic E-state index is 11.8. The normalized spacial score (nSPS) is 11.7. The van der Waals surface area contributed by atoms with Crippen LogP contribution in [0.4, 0.5) is 5.82 Å². The molecule has 0 bridgehead atoms. The molecule has 1 atom stereocenters. The van der Waals surface area contributed by atoms with Crippen LogP contribution in [0, 0.1) is 0 Å². The molecule has 0 saturated carbocycles. The van der Waals surface area contributed by atoms with Gasteiger partial charge in [-0.25, -0.2) is 14.8 Å². The largest absolute Gasteiger partial charge is 0.467 e. The maximum Gasteiger partial charge on any atom is 0.328 e. The number of rotatable bonds is 5. The molecule has 104 valence electrons. The first kappa shape index (κ1) is 14.3. The van der Waals surface area contributed by atoms with Crippen molar-refractivity contribution < 1.29 is 9.53 Å². The predicted molar refractivity (Wildman–Crippen MR) is 76.6 cm³/mol. The van der Waals surface area contributed by atoms with E-state index in [0.29, 0.717) is 12.2 Å². The van der Waals surface area contributed by atoms with Gasteiger partial charge >= 0.3 is 5.97 Å². The molecule has 0 aliphatic heterocycles. The SMILES string of the molecule is COC(=O)C(Cc1ccccc1)Nc1ccnc(Cl)n1. The summed E-state index contributed by atoms with van der Waals surface area (Å²) in [6.07, 6.45) is 2.02. The lowest BCUT2D eigenvalue weighted by Crippen LogP contribution is -2.33. The summed E-state index contributed by atoms with van der Waals surface area (Å²) in [7, 11) is 1.36. The van der Waals surface area contributed by atoms with Gasteiger partial charge in [0.2, 0.25) is 5.28 Å². The molecule has 0 radical (unpaired) electrons. The molecule has 1 aromatic carbocycles. The van der Waals surface area contributed by atoms with Gasteiger partial charge in [-0.3, -0.25) is 0 Å². The van der Waals surface area contributed by atoms with Crippen molar-refractivity contribution in [3.05, 3.63) is 53.4 Å². The summed E-state index contributed by atoms with van der Waals surface area (Å²) >= 11 is 5.72. The fraction of sp³-hybridized carbons (Fsp3) is 0.214. The molecule has 0 aliphatic carbocycles. The third kappa shape index (κ3) is 3.93. The van der Waals surface area contributed by atoms with Gasteiger partial charge in [0, 0.05) is 12.6 Å². The Balaban J connectivity index is 2.14. The zero-order chi connectivity index (χ0) is 14.4. The molecular weight excluding hydrogens is 278 g/mol. The van der Waals surface area contributed by atoms with Crippen molar-refractivity contribution in [2.24, 2.45) is 0 Å². The van der Waals surface area contributed by atoms with E-state index in [-0.39, 0.29) is 11.3 Å². The quantitative estimate of drug-likeness (QED) is 0.676. The molecule has 5 nitrogen and oxygen atoms in total. The van der Waals surface area contributed by atoms with Crippen LogP contribution in [-0.4, -0.2) is 29.1 Å². The Labute approximate surface area is 122 Å². The second-order valence-corrected chi connectivity index (χ2v) is 4.46. The van der Waals surface area contributed by atoms with E-state index in [2.05, 4.69) is 15.3 Å². The van der Waals surface area contributed by atoms with E-state index in [9.17, 15) is 4.79 Å². The predicted octanol–water partition coefficient (Wildman–Crippen LogP) is 2.33. The molecular formula is C14H14ClN3O2. The summed E-state index contributed by atoms with van der Waals surface area (Å²) in [4.78, 5) is 19.6. The van der Waals surface area contributed by atoms with Crippen molar-refractivity contribution in [1.29, 1.82) is 0 Å². The van der Waals surface area contributed by atoms with E-state index < -0.39 is 6.04 Å². The summed E-state index contributed by atoms with van der Waals surface area (Å²) < 4.78 is 4.81. The zero-order valence-corrected chi connectivity index (χ0v) is 11.7. The Kier molecular flexibility index (Phi) is 4.90. The van der Waals surface area contributed by atoms with E-state index in [0.717, 1.165) is 5.56 Å². The molecule has 0 amide bonds. The molecule has 1 N–H and O–H groups in total. The van der Waals surface area contributed by atoms with E-state index in [4.69, 9.17) is 16.3 Å². The van der Waals surface area contributed by atoms with Gasteiger partial charge in [-0.05, 0) is 23.2 Å². The summed E-state index contributed by atoms with van der Waals surface area (Å²) in [6, 6.07) is 10.8. The minimum absolute atomic E-state index is 0.123. The van der Waals surface area contributed by atoms with Gasteiger partial charge in [0.05, 0.1) is 7.11 Å². The van der Waals surface area contributed by atoms with Crippen LogP contribution in [0.3, 0.4) is 0 Å². The van der Waals surface area contributed by atoms with Crippen molar-refractivity contribution >= 4 is 23.4 Å². The molecule has 2 aromatic rings. The summed E-state index contributed by atoms with van der Waals surface area (Å²) in [6.45, 7) is 0. The van der Waals surface area contributed by atoms with E-state index >= 15 is 0 Å². The van der Waals surface area contributed by atoms with Gasteiger partial charge in [0.15, 0.2) is 0 Å². The molecule has 1 aromatic heterocycles. The third-order valence-corrected chi connectivity index (χ3v) is 2.90. The standard InChI is InChI=1S/C14H14ClN3O2/c1-20-13(19)11(9-10-5-3-2-4-6-10)17-12-7-8-16-14(15)18-12/h2-8,11H,9H2,1H3,(H,16,17,18). The van der Waals surface area contributed by atoms with Gasteiger partial charge in [0.25, 0.3) is 0 Å². The fourth-order valence-corrected chi connectivity index (χ4v) is 1.93. The second kappa shape index (κ2) is 6.86. The Bertz CT molecular complexity index is 578. The smallest absolute Gasteiger partial charge is 0.328 e. The van der Waals surface area contributed by atoms with Gasteiger partial charge in [-0.1, -0.05) is 30.3 Å². The first-order valence-electron chi connectivity index (χ1n) is 6.06. The number of hydrogen-bond donors (Lipinski definition) is 1. The summed E-state index contributed by atoms with van der Waals surface area (Å²) in [5.74, 6) is 0.125. The number of carbonyl (C=O) groups excluding carboxylic acids is 1. The Hall–Kier alpha value is -2.14. The minimum atomic E-state index is -0.534. The number of anilines is 1. The lowest BCUT2D eigenvalue weighted by atomic mass is 10.1. The van der Waals surface area contributed by atoms with Gasteiger partial charge in [0.1, 0.15) is 11.9 Å². The molecule has 2 rings (SSSR count). The molecule has 0 spiro atoms. The Morgan fingerprint density at radius 2 is 2.10 bits per heavy atom. The van der Waals surface area contributed by atoms with Crippen LogP contribution in [0.15, 0.2) is 42.6 Å². The first-order valence-corrected chi connectivity index (χ1v) is 6.43. The fourth-order valence-electron chi connectivity index (χ4n) is 1.78. The minimum Gasteiger partial charge on any atom is -0.467 e. The average molecular weight is 292 g/mol. The van der Waals surface area contributed by atoms with E-state index in [1.54, 1.807) is 6.07 Å². The number of esters is 1. The van der Waals surface area contributed by atoms with Crippen molar-refractivity contribution in [1.82, 2.24) is 9.97 Å². The monoisotopic (exact) mass is 291 g/mol. The van der Waals surface area contributed by atoms with Crippen molar-refractivity contribution in [2.75, 3.05) is 12.4 Å². The number of halogens is 1. The molecule has 0 saturated heterocycles. The number of nitrogens with zero attached hydrogens (tertiary/aromatic N) is 2. The molecule has 6 heteroatoms. The molecule has 0 fully saturated rings. The van der Waals surface area contributed by atoms with Crippen molar-refractivity contribution in [3.8, 4) is 0 Å². The topological polar surface area (TPSA) is 64.1 Å². The van der Waals surface area contributed by atoms with E-state index in [1.165, 1.54) is 13.3 Å². The average Bonchev–Trinajstić information content (AvgIpc) is 2.47. The van der Waals surface area contributed by atoms with E-state index in [1.807, 2.05) is 30.3 Å². The zero-order valence-electron chi connectivity index (χ0n) is 10.9. The van der Waals surface area contributed by atoms with Gasteiger partial charge in [-0.2, -0.15) is 0 Å². The molecule has 0 aliphatic rings. The van der Waals surface area contributed by atoms with Crippen molar-refractivity contribution in [3.63, 3.8) is 0 Å².